The minimum Gasteiger partial charge on any atom is -0.497 e. The maximum absolute atomic E-state index is 13.9. The monoisotopic (exact) mass is 540 g/mol. The topological polar surface area (TPSA) is 84.4 Å². The number of carbonyl (C=O) groups excluding carboxylic acids is 2. The fraction of sp³-hybridized carbons (Fsp3) is 0.226. The van der Waals surface area contributed by atoms with Gasteiger partial charge in [-0.05, 0) is 62.2 Å². The highest BCUT2D eigenvalue weighted by molar-refractivity contribution is 7.99. The fourth-order valence-electron chi connectivity index (χ4n) is 4.17. The summed E-state index contributed by atoms with van der Waals surface area (Å²) in [6.45, 7) is 6.09. The van der Waals surface area contributed by atoms with Crippen LogP contribution in [0.25, 0.3) is 0 Å². The highest BCUT2D eigenvalue weighted by atomic mass is 32.2. The number of nitrogens with zero attached hydrogens (tertiary/aromatic N) is 3. The number of thioether (sulfide) groups is 1. The molecule has 1 N–H and O–H groups in total. The first kappa shape index (κ1) is 27.9. The van der Waals surface area contributed by atoms with Crippen molar-refractivity contribution in [1.82, 2.24) is 14.9 Å². The van der Waals surface area contributed by atoms with Gasteiger partial charge in [0.05, 0.1) is 12.9 Å². The lowest BCUT2D eigenvalue weighted by Gasteiger charge is -2.31. The molecule has 0 fully saturated rings. The van der Waals surface area contributed by atoms with Crippen molar-refractivity contribution in [3.05, 3.63) is 113 Å². The second-order valence-electron chi connectivity index (χ2n) is 9.26. The van der Waals surface area contributed by atoms with E-state index in [9.17, 15) is 9.59 Å². The van der Waals surface area contributed by atoms with E-state index >= 15 is 0 Å². The van der Waals surface area contributed by atoms with Gasteiger partial charge in [-0.25, -0.2) is 9.97 Å². The van der Waals surface area contributed by atoms with Crippen molar-refractivity contribution in [3.63, 3.8) is 0 Å². The predicted molar refractivity (Wildman–Crippen MR) is 155 cm³/mol. The number of hydrogen-bond donors (Lipinski definition) is 1. The van der Waals surface area contributed by atoms with Gasteiger partial charge in [0, 0.05) is 23.6 Å². The summed E-state index contributed by atoms with van der Waals surface area (Å²) < 4.78 is 5.24. The van der Waals surface area contributed by atoms with E-state index in [0.29, 0.717) is 16.6 Å². The van der Waals surface area contributed by atoms with E-state index in [2.05, 4.69) is 15.3 Å². The van der Waals surface area contributed by atoms with Crippen LogP contribution < -0.4 is 10.1 Å². The molecule has 4 rings (SSSR count). The Balaban J connectivity index is 1.67. The molecule has 8 heteroatoms. The number of anilines is 1. The molecular weight excluding hydrogens is 508 g/mol. The summed E-state index contributed by atoms with van der Waals surface area (Å²) in [5, 5.41) is 3.53. The first-order valence-corrected chi connectivity index (χ1v) is 13.6. The van der Waals surface area contributed by atoms with Crippen molar-refractivity contribution in [3.8, 4) is 5.75 Å². The molecule has 2 amide bonds. The molecule has 0 bridgehead atoms. The number of benzene rings is 3. The molecule has 200 valence electrons. The van der Waals surface area contributed by atoms with E-state index in [4.69, 9.17) is 4.74 Å². The van der Waals surface area contributed by atoms with Gasteiger partial charge in [-0.3, -0.25) is 9.59 Å². The van der Waals surface area contributed by atoms with E-state index in [0.717, 1.165) is 28.1 Å². The number of ether oxygens (including phenoxy) is 1. The maximum Gasteiger partial charge on any atom is 0.251 e. The van der Waals surface area contributed by atoms with Crippen molar-refractivity contribution < 1.29 is 14.3 Å². The normalized spacial score (nSPS) is 11.5. The van der Waals surface area contributed by atoms with E-state index < -0.39 is 6.04 Å². The quantitative estimate of drug-likeness (QED) is 0.199. The van der Waals surface area contributed by atoms with E-state index in [1.54, 1.807) is 36.3 Å². The molecule has 0 saturated heterocycles. The Bertz CT molecular complexity index is 1390. The van der Waals surface area contributed by atoms with Crippen LogP contribution in [-0.2, 0) is 16.1 Å². The number of rotatable bonds is 10. The van der Waals surface area contributed by atoms with Gasteiger partial charge in [-0.1, -0.05) is 71.9 Å². The summed E-state index contributed by atoms with van der Waals surface area (Å²) in [6, 6.07) is 25.5. The number of carbonyl (C=O) groups is 2. The number of aromatic nitrogens is 2. The number of aryl methyl sites for hydroxylation is 3. The van der Waals surface area contributed by atoms with Gasteiger partial charge in [-0.2, -0.15) is 0 Å². The van der Waals surface area contributed by atoms with Gasteiger partial charge in [-0.15, -0.1) is 0 Å². The highest BCUT2D eigenvalue weighted by Gasteiger charge is 2.32. The maximum atomic E-state index is 13.9. The Morgan fingerprint density at radius 2 is 1.54 bits per heavy atom. The second-order valence-corrected chi connectivity index (χ2v) is 10.2. The van der Waals surface area contributed by atoms with Crippen molar-refractivity contribution in [1.29, 1.82) is 0 Å². The van der Waals surface area contributed by atoms with Crippen LogP contribution in [0.1, 0.15) is 34.1 Å². The lowest BCUT2D eigenvalue weighted by molar-refractivity contribution is -0.137. The molecule has 0 aliphatic carbocycles. The standard InChI is InChI=1S/C31H32N4O3S/c1-21-10-12-24(13-11-21)19-35(28(36)20-39-31-32-22(2)18-23(3)33-31)29(25-8-6-5-7-9-25)30(37)34-26-14-16-27(38-4)17-15-26/h5-18,29H,19-20H2,1-4H3,(H,34,37)/t29-/m0/s1. The number of methoxy groups -OCH3 is 1. The molecule has 1 heterocycles. The summed E-state index contributed by atoms with van der Waals surface area (Å²) in [5.41, 5.74) is 5.07. The number of amides is 2. The molecule has 1 atom stereocenters. The SMILES string of the molecule is COc1ccc(NC(=O)[C@H](c2ccccc2)N(Cc2ccc(C)cc2)C(=O)CSc2nc(C)cc(C)n2)cc1. The lowest BCUT2D eigenvalue weighted by Crippen LogP contribution is -2.41. The van der Waals surface area contributed by atoms with Gasteiger partial charge in [0.25, 0.3) is 5.91 Å². The largest absolute Gasteiger partial charge is 0.497 e. The Morgan fingerprint density at radius 3 is 2.15 bits per heavy atom. The van der Waals surface area contributed by atoms with Crippen LogP contribution in [0.3, 0.4) is 0 Å². The summed E-state index contributed by atoms with van der Waals surface area (Å²) in [7, 11) is 1.59. The predicted octanol–water partition coefficient (Wildman–Crippen LogP) is 5.91. The molecule has 4 aromatic rings. The molecule has 0 saturated carbocycles. The average Bonchev–Trinajstić information content (AvgIpc) is 2.93. The lowest BCUT2D eigenvalue weighted by atomic mass is 10.0. The minimum absolute atomic E-state index is 0.0912. The third kappa shape index (κ3) is 7.67. The first-order chi connectivity index (χ1) is 18.8. The van der Waals surface area contributed by atoms with Crippen molar-refractivity contribution in [2.45, 2.75) is 38.5 Å². The molecule has 7 nitrogen and oxygen atoms in total. The molecule has 39 heavy (non-hydrogen) atoms. The van der Waals surface area contributed by atoms with Crippen LogP contribution in [0.5, 0.6) is 5.75 Å². The Labute approximate surface area is 233 Å². The summed E-state index contributed by atoms with van der Waals surface area (Å²) >= 11 is 1.27. The molecule has 1 aromatic heterocycles. The van der Waals surface area contributed by atoms with Gasteiger partial charge < -0.3 is 15.0 Å². The molecule has 0 radical (unpaired) electrons. The zero-order valence-electron chi connectivity index (χ0n) is 22.5. The number of hydrogen-bond acceptors (Lipinski definition) is 6. The third-order valence-corrected chi connectivity index (χ3v) is 6.95. The van der Waals surface area contributed by atoms with Crippen molar-refractivity contribution >= 4 is 29.3 Å². The Morgan fingerprint density at radius 1 is 0.897 bits per heavy atom. The van der Waals surface area contributed by atoms with Gasteiger partial charge in [0.15, 0.2) is 5.16 Å². The van der Waals surface area contributed by atoms with E-state index in [1.165, 1.54) is 11.8 Å². The number of nitrogens with one attached hydrogen (secondary N) is 1. The van der Waals surface area contributed by atoms with Crippen molar-refractivity contribution in [2.24, 2.45) is 0 Å². The smallest absolute Gasteiger partial charge is 0.251 e. The van der Waals surface area contributed by atoms with Crippen LogP contribution in [0.2, 0.25) is 0 Å². The van der Waals surface area contributed by atoms with Crippen LogP contribution in [-0.4, -0.2) is 39.5 Å². The van der Waals surface area contributed by atoms with E-state index in [1.807, 2.05) is 81.4 Å². The highest BCUT2D eigenvalue weighted by Crippen LogP contribution is 2.28. The van der Waals surface area contributed by atoms with E-state index in [-0.39, 0.29) is 24.1 Å². The summed E-state index contributed by atoms with van der Waals surface area (Å²) in [5.74, 6) is 0.282. The molecule has 0 aliphatic rings. The minimum atomic E-state index is -0.858. The molecule has 0 spiro atoms. The second kappa shape index (κ2) is 13.1. The van der Waals surface area contributed by atoms with Gasteiger partial charge in [0.2, 0.25) is 5.91 Å². The van der Waals surface area contributed by atoms with Crippen molar-refractivity contribution in [2.75, 3.05) is 18.2 Å². The average molecular weight is 541 g/mol. The molecular formula is C31H32N4O3S. The first-order valence-electron chi connectivity index (χ1n) is 12.6. The third-order valence-electron chi connectivity index (χ3n) is 6.11. The Kier molecular flexibility index (Phi) is 9.33. The summed E-state index contributed by atoms with van der Waals surface area (Å²) in [6.07, 6.45) is 0. The van der Waals surface area contributed by atoms with Crippen LogP contribution in [0, 0.1) is 20.8 Å². The van der Waals surface area contributed by atoms with Crippen LogP contribution in [0.4, 0.5) is 5.69 Å². The zero-order chi connectivity index (χ0) is 27.8. The van der Waals surface area contributed by atoms with Gasteiger partial charge in [0.1, 0.15) is 11.8 Å². The zero-order valence-corrected chi connectivity index (χ0v) is 23.4. The van der Waals surface area contributed by atoms with Gasteiger partial charge >= 0.3 is 0 Å². The van der Waals surface area contributed by atoms with Crippen LogP contribution >= 0.6 is 11.8 Å². The van der Waals surface area contributed by atoms with Crippen LogP contribution in [0.15, 0.2) is 90.1 Å². The summed E-state index contributed by atoms with van der Waals surface area (Å²) in [4.78, 5) is 38.3. The fourth-order valence-corrected chi connectivity index (χ4v) is 5.01. The Hall–Kier alpha value is -4.17. The molecule has 0 unspecified atom stereocenters. The molecule has 3 aromatic carbocycles. The molecule has 0 aliphatic heterocycles.